The zero-order valence-electron chi connectivity index (χ0n) is 12.3. The fraction of sp³-hybridized carbons (Fsp3) is 0.400. The SMILES string of the molecule is CC(CNC(=O)[C@H](N)Cc1c[nH]c2ccccc12)S(C)=O. The zero-order valence-corrected chi connectivity index (χ0v) is 13.1. The van der Waals surface area contributed by atoms with Gasteiger partial charge in [0.15, 0.2) is 0 Å². The molecule has 6 heteroatoms. The Morgan fingerprint density at radius 1 is 1.43 bits per heavy atom. The van der Waals surface area contributed by atoms with E-state index in [1.165, 1.54) is 0 Å². The standard InChI is InChI=1S/C15H21N3O2S/c1-10(21(2)20)8-18-15(19)13(16)7-11-9-17-14-6-4-3-5-12(11)14/h3-6,9-10,13,17H,7-8,16H2,1-2H3,(H,18,19)/t10?,13-,21?/m1/s1. The summed E-state index contributed by atoms with van der Waals surface area (Å²) >= 11 is 0. The minimum atomic E-state index is -0.951. The molecule has 0 spiro atoms. The molecule has 0 aliphatic rings. The first-order valence-electron chi connectivity index (χ1n) is 6.89. The molecule has 4 N–H and O–H groups in total. The highest BCUT2D eigenvalue weighted by atomic mass is 32.2. The van der Waals surface area contributed by atoms with Crippen LogP contribution in [0.3, 0.4) is 0 Å². The summed E-state index contributed by atoms with van der Waals surface area (Å²) in [6, 6.07) is 7.31. The highest BCUT2D eigenvalue weighted by Gasteiger charge is 2.17. The topological polar surface area (TPSA) is 88.0 Å². The van der Waals surface area contributed by atoms with Gasteiger partial charge in [-0.15, -0.1) is 0 Å². The second kappa shape index (κ2) is 6.87. The van der Waals surface area contributed by atoms with E-state index in [-0.39, 0.29) is 11.2 Å². The van der Waals surface area contributed by atoms with Crippen molar-refractivity contribution < 1.29 is 9.00 Å². The van der Waals surface area contributed by atoms with Gasteiger partial charge in [0.2, 0.25) is 5.91 Å². The molecule has 114 valence electrons. The van der Waals surface area contributed by atoms with Crippen molar-refractivity contribution >= 4 is 27.6 Å². The second-order valence-corrected chi connectivity index (χ2v) is 7.03. The first kappa shape index (κ1) is 15.7. The number of para-hydroxylation sites is 1. The van der Waals surface area contributed by atoms with Gasteiger partial charge in [-0.25, -0.2) is 0 Å². The van der Waals surface area contributed by atoms with Crippen molar-refractivity contribution in [2.45, 2.75) is 24.6 Å². The number of nitrogens with two attached hydrogens (primary N) is 1. The first-order valence-corrected chi connectivity index (χ1v) is 8.51. The number of hydrogen-bond acceptors (Lipinski definition) is 3. The van der Waals surface area contributed by atoms with Crippen molar-refractivity contribution in [2.75, 3.05) is 12.8 Å². The van der Waals surface area contributed by atoms with E-state index >= 15 is 0 Å². The molecule has 2 unspecified atom stereocenters. The number of aromatic nitrogens is 1. The van der Waals surface area contributed by atoms with E-state index in [1.54, 1.807) is 6.26 Å². The summed E-state index contributed by atoms with van der Waals surface area (Å²) < 4.78 is 11.3. The van der Waals surface area contributed by atoms with E-state index < -0.39 is 16.8 Å². The van der Waals surface area contributed by atoms with Gasteiger partial charge in [0.25, 0.3) is 0 Å². The van der Waals surface area contributed by atoms with Crippen LogP contribution in [0, 0.1) is 0 Å². The molecule has 0 bridgehead atoms. The minimum Gasteiger partial charge on any atom is -0.361 e. The van der Waals surface area contributed by atoms with Crippen molar-refractivity contribution in [2.24, 2.45) is 5.73 Å². The third-order valence-corrected chi connectivity index (χ3v) is 4.88. The summed E-state index contributed by atoms with van der Waals surface area (Å²) in [6.07, 6.45) is 3.99. The Labute approximate surface area is 126 Å². The van der Waals surface area contributed by atoms with Crippen LogP contribution in [0.15, 0.2) is 30.5 Å². The second-order valence-electron chi connectivity index (χ2n) is 5.22. The zero-order chi connectivity index (χ0) is 15.4. The number of carbonyl (C=O) groups excluding carboxylic acids is 1. The van der Waals surface area contributed by atoms with Gasteiger partial charge in [-0.2, -0.15) is 0 Å². The lowest BCUT2D eigenvalue weighted by atomic mass is 10.1. The summed E-state index contributed by atoms with van der Waals surface area (Å²) in [5, 5.41) is 3.77. The number of carbonyl (C=O) groups is 1. The molecule has 0 saturated carbocycles. The van der Waals surface area contributed by atoms with Crippen molar-refractivity contribution in [1.82, 2.24) is 10.3 Å². The van der Waals surface area contributed by atoms with Crippen LogP contribution < -0.4 is 11.1 Å². The molecule has 0 fully saturated rings. The lowest BCUT2D eigenvalue weighted by Crippen LogP contribution is -2.44. The van der Waals surface area contributed by atoms with E-state index in [2.05, 4.69) is 10.3 Å². The van der Waals surface area contributed by atoms with Gasteiger partial charge in [-0.05, 0) is 25.0 Å². The van der Waals surface area contributed by atoms with Crippen molar-refractivity contribution in [3.05, 3.63) is 36.0 Å². The quantitative estimate of drug-likeness (QED) is 0.741. The Morgan fingerprint density at radius 3 is 2.86 bits per heavy atom. The normalized spacial score (nSPS) is 15.6. The molecule has 0 saturated heterocycles. The summed E-state index contributed by atoms with van der Waals surface area (Å²) in [5.74, 6) is -0.211. The van der Waals surface area contributed by atoms with E-state index in [0.29, 0.717) is 13.0 Å². The van der Waals surface area contributed by atoms with Gasteiger partial charge >= 0.3 is 0 Å². The molecule has 1 aromatic heterocycles. The Kier molecular flexibility index (Phi) is 5.14. The third-order valence-electron chi connectivity index (χ3n) is 3.58. The van der Waals surface area contributed by atoms with Gasteiger partial charge < -0.3 is 16.0 Å². The first-order chi connectivity index (χ1) is 9.99. The Hall–Kier alpha value is -1.66. The predicted octanol–water partition coefficient (Wildman–Crippen LogP) is 0.921. The molecule has 0 aliphatic carbocycles. The predicted molar refractivity (Wildman–Crippen MR) is 86.5 cm³/mol. The van der Waals surface area contributed by atoms with Crippen LogP contribution in [-0.2, 0) is 22.0 Å². The highest BCUT2D eigenvalue weighted by Crippen LogP contribution is 2.18. The van der Waals surface area contributed by atoms with Gasteiger partial charge in [0.05, 0.1) is 6.04 Å². The van der Waals surface area contributed by atoms with Crippen LogP contribution in [0.4, 0.5) is 0 Å². The van der Waals surface area contributed by atoms with Crippen molar-refractivity contribution in [3.8, 4) is 0 Å². The number of rotatable bonds is 6. The Morgan fingerprint density at radius 2 is 2.14 bits per heavy atom. The molecule has 5 nitrogen and oxygen atoms in total. The largest absolute Gasteiger partial charge is 0.361 e. The highest BCUT2D eigenvalue weighted by molar-refractivity contribution is 7.84. The average molecular weight is 307 g/mol. The maximum Gasteiger partial charge on any atom is 0.237 e. The molecule has 1 heterocycles. The van der Waals surface area contributed by atoms with Gasteiger partial charge in [0, 0.05) is 45.9 Å². The number of H-pyrrole nitrogens is 1. The van der Waals surface area contributed by atoms with E-state index in [1.807, 2.05) is 37.4 Å². The monoisotopic (exact) mass is 307 g/mol. The maximum atomic E-state index is 12.0. The van der Waals surface area contributed by atoms with Crippen LogP contribution in [0.25, 0.3) is 10.9 Å². The molecular formula is C15H21N3O2S. The number of fused-ring (bicyclic) bond motifs is 1. The molecule has 3 atom stereocenters. The molecule has 21 heavy (non-hydrogen) atoms. The van der Waals surface area contributed by atoms with Gasteiger partial charge in [0.1, 0.15) is 0 Å². The van der Waals surface area contributed by atoms with Crippen LogP contribution in [-0.4, -0.2) is 39.2 Å². The summed E-state index contributed by atoms with van der Waals surface area (Å²) in [7, 11) is -0.951. The van der Waals surface area contributed by atoms with E-state index in [9.17, 15) is 9.00 Å². The number of amides is 1. The molecule has 1 amide bonds. The molecule has 0 radical (unpaired) electrons. The number of aromatic amines is 1. The fourth-order valence-corrected chi connectivity index (χ4v) is 2.44. The van der Waals surface area contributed by atoms with Crippen molar-refractivity contribution in [3.63, 3.8) is 0 Å². The summed E-state index contributed by atoms with van der Waals surface area (Å²) in [6.45, 7) is 2.21. The summed E-state index contributed by atoms with van der Waals surface area (Å²) in [5.41, 5.74) is 8.03. The lowest BCUT2D eigenvalue weighted by Gasteiger charge is -2.14. The van der Waals surface area contributed by atoms with Crippen LogP contribution >= 0.6 is 0 Å². The van der Waals surface area contributed by atoms with Crippen LogP contribution in [0.1, 0.15) is 12.5 Å². The third kappa shape index (κ3) is 3.92. The fourth-order valence-electron chi connectivity index (χ4n) is 2.12. The Balaban J connectivity index is 1.96. The van der Waals surface area contributed by atoms with Gasteiger partial charge in [-0.1, -0.05) is 18.2 Å². The average Bonchev–Trinajstić information content (AvgIpc) is 2.87. The maximum absolute atomic E-state index is 12.0. The molecule has 1 aromatic carbocycles. The minimum absolute atomic E-state index is 0.0748. The molecule has 2 aromatic rings. The molecule has 0 aliphatic heterocycles. The van der Waals surface area contributed by atoms with E-state index in [0.717, 1.165) is 16.5 Å². The number of nitrogens with one attached hydrogen (secondary N) is 2. The smallest absolute Gasteiger partial charge is 0.237 e. The lowest BCUT2D eigenvalue weighted by molar-refractivity contribution is -0.122. The molecule has 2 rings (SSSR count). The van der Waals surface area contributed by atoms with Gasteiger partial charge in [-0.3, -0.25) is 9.00 Å². The number of benzene rings is 1. The van der Waals surface area contributed by atoms with E-state index in [4.69, 9.17) is 5.73 Å². The van der Waals surface area contributed by atoms with Crippen LogP contribution in [0.5, 0.6) is 0 Å². The van der Waals surface area contributed by atoms with Crippen molar-refractivity contribution in [1.29, 1.82) is 0 Å². The Bertz CT molecular complexity index is 653. The molecular weight excluding hydrogens is 286 g/mol. The van der Waals surface area contributed by atoms with Crippen LogP contribution in [0.2, 0.25) is 0 Å². The number of hydrogen-bond donors (Lipinski definition) is 3. The summed E-state index contributed by atoms with van der Waals surface area (Å²) in [4.78, 5) is 15.2.